The molecule has 0 spiro atoms. The fourth-order valence-corrected chi connectivity index (χ4v) is 3.25. The van der Waals surface area contributed by atoms with Crippen molar-refractivity contribution in [1.82, 2.24) is 20.1 Å². The number of urea groups is 1. The number of aromatic nitrogens is 3. The highest BCUT2D eigenvalue weighted by Gasteiger charge is 2.16. The number of halogens is 1. The lowest BCUT2D eigenvalue weighted by atomic mass is 10.2. The maximum atomic E-state index is 13.6. The molecule has 1 aromatic heterocycles. The van der Waals surface area contributed by atoms with Gasteiger partial charge in [0.2, 0.25) is 5.91 Å². The highest BCUT2D eigenvalue weighted by molar-refractivity contribution is 7.99. The predicted octanol–water partition coefficient (Wildman–Crippen LogP) is 3.71. The molecule has 2 N–H and O–H groups in total. The number of hydrogen-bond donors (Lipinski definition) is 2. The highest BCUT2D eigenvalue weighted by Crippen LogP contribution is 2.23. The van der Waals surface area contributed by atoms with Crippen LogP contribution in [-0.4, -0.2) is 32.5 Å². The second-order valence-electron chi connectivity index (χ2n) is 5.84. The van der Waals surface area contributed by atoms with Crippen LogP contribution >= 0.6 is 11.8 Å². The number of allylic oxidation sites excluding steroid dienone is 1. The van der Waals surface area contributed by atoms with Gasteiger partial charge in [-0.2, -0.15) is 0 Å². The van der Waals surface area contributed by atoms with Gasteiger partial charge in [-0.15, -0.1) is 16.8 Å². The zero-order valence-electron chi connectivity index (χ0n) is 15.3. The van der Waals surface area contributed by atoms with Crippen LogP contribution in [0.3, 0.4) is 0 Å². The lowest BCUT2D eigenvalue weighted by Crippen LogP contribution is -2.35. The first-order valence-electron chi connectivity index (χ1n) is 8.66. The fourth-order valence-electron chi connectivity index (χ4n) is 2.50. The molecule has 0 saturated heterocycles. The predicted molar refractivity (Wildman–Crippen MR) is 110 cm³/mol. The minimum Gasteiger partial charge on any atom is -0.305 e. The van der Waals surface area contributed by atoms with E-state index in [2.05, 4.69) is 27.4 Å². The second kappa shape index (κ2) is 9.65. The summed E-state index contributed by atoms with van der Waals surface area (Å²) in [6.07, 6.45) is 1.71. The Morgan fingerprint density at radius 1 is 1.10 bits per heavy atom. The largest absolute Gasteiger partial charge is 0.325 e. The number of carbonyl (C=O) groups excluding carboxylic acids is 2. The van der Waals surface area contributed by atoms with Crippen LogP contribution in [0.15, 0.2) is 72.4 Å². The molecule has 0 aliphatic heterocycles. The molecule has 3 aromatic rings. The number of anilines is 1. The molecule has 9 heteroatoms. The van der Waals surface area contributed by atoms with Gasteiger partial charge in [-0.25, -0.2) is 9.18 Å². The summed E-state index contributed by atoms with van der Waals surface area (Å²) in [5.41, 5.74) is 0.881. The van der Waals surface area contributed by atoms with Gasteiger partial charge in [-0.05, 0) is 12.1 Å². The summed E-state index contributed by atoms with van der Waals surface area (Å²) < 4.78 is 15.4. The standard InChI is InChI=1S/C20H18FN5O2S/c1-2-12-26-18(14-8-4-3-5-9-14)24-25-20(26)29-13-17(27)23-19(28)22-16-11-7-6-10-15(16)21/h2-11H,1,12-13H2,(H2,22,23,27,28). The maximum absolute atomic E-state index is 13.6. The first-order valence-corrected chi connectivity index (χ1v) is 9.64. The molecule has 0 bridgehead atoms. The Kier molecular flexibility index (Phi) is 6.75. The number of benzene rings is 2. The summed E-state index contributed by atoms with van der Waals surface area (Å²) >= 11 is 1.14. The third-order valence-corrected chi connectivity index (χ3v) is 4.73. The molecular weight excluding hydrogens is 393 g/mol. The van der Waals surface area contributed by atoms with Gasteiger partial charge in [0.15, 0.2) is 11.0 Å². The van der Waals surface area contributed by atoms with Crippen molar-refractivity contribution >= 4 is 29.4 Å². The van der Waals surface area contributed by atoms with E-state index in [-0.39, 0.29) is 11.4 Å². The van der Waals surface area contributed by atoms with Crippen molar-refractivity contribution in [2.45, 2.75) is 11.7 Å². The Balaban J connectivity index is 1.61. The highest BCUT2D eigenvalue weighted by atomic mass is 32.2. The van der Waals surface area contributed by atoms with Gasteiger partial charge in [0, 0.05) is 12.1 Å². The third kappa shape index (κ3) is 5.29. The van der Waals surface area contributed by atoms with Crippen LogP contribution in [0.25, 0.3) is 11.4 Å². The van der Waals surface area contributed by atoms with E-state index in [0.29, 0.717) is 17.5 Å². The van der Waals surface area contributed by atoms with Crippen molar-refractivity contribution in [2.24, 2.45) is 0 Å². The Morgan fingerprint density at radius 2 is 1.83 bits per heavy atom. The van der Waals surface area contributed by atoms with E-state index in [0.717, 1.165) is 17.3 Å². The molecule has 1 heterocycles. The van der Waals surface area contributed by atoms with E-state index in [1.807, 2.05) is 34.9 Å². The lowest BCUT2D eigenvalue weighted by Gasteiger charge is -2.09. The number of carbonyl (C=O) groups is 2. The number of para-hydroxylation sites is 1. The fraction of sp³-hybridized carbons (Fsp3) is 0.100. The summed E-state index contributed by atoms with van der Waals surface area (Å²) in [4.78, 5) is 24.0. The monoisotopic (exact) mass is 411 g/mol. The first-order chi connectivity index (χ1) is 14.1. The molecule has 29 heavy (non-hydrogen) atoms. The molecule has 0 saturated carbocycles. The van der Waals surface area contributed by atoms with Gasteiger partial charge < -0.3 is 5.32 Å². The molecule has 7 nitrogen and oxygen atoms in total. The molecule has 148 valence electrons. The van der Waals surface area contributed by atoms with Crippen molar-refractivity contribution in [1.29, 1.82) is 0 Å². The number of nitrogens with one attached hydrogen (secondary N) is 2. The van der Waals surface area contributed by atoms with Crippen LogP contribution in [0.1, 0.15) is 0 Å². The van der Waals surface area contributed by atoms with Crippen LogP contribution in [-0.2, 0) is 11.3 Å². The normalized spacial score (nSPS) is 10.4. The molecule has 0 aliphatic rings. The maximum Gasteiger partial charge on any atom is 0.325 e. The number of amides is 3. The van der Waals surface area contributed by atoms with Crippen LogP contribution in [0.2, 0.25) is 0 Å². The van der Waals surface area contributed by atoms with E-state index in [4.69, 9.17) is 0 Å². The Hall–Kier alpha value is -3.46. The zero-order chi connectivity index (χ0) is 20.6. The number of imide groups is 1. The molecule has 3 rings (SSSR count). The van der Waals surface area contributed by atoms with Gasteiger partial charge in [0.05, 0.1) is 11.4 Å². The Bertz CT molecular complexity index is 1020. The average molecular weight is 411 g/mol. The van der Waals surface area contributed by atoms with Crippen molar-refractivity contribution in [3.63, 3.8) is 0 Å². The van der Waals surface area contributed by atoms with Crippen molar-refractivity contribution in [3.05, 3.63) is 73.1 Å². The Labute approximate surface area is 171 Å². The van der Waals surface area contributed by atoms with Crippen molar-refractivity contribution in [2.75, 3.05) is 11.1 Å². The number of thioether (sulfide) groups is 1. The summed E-state index contributed by atoms with van der Waals surface area (Å²) in [7, 11) is 0. The zero-order valence-corrected chi connectivity index (χ0v) is 16.2. The van der Waals surface area contributed by atoms with Crippen LogP contribution in [0.4, 0.5) is 14.9 Å². The van der Waals surface area contributed by atoms with Gasteiger partial charge >= 0.3 is 6.03 Å². The van der Waals surface area contributed by atoms with Gasteiger partial charge in [-0.1, -0.05) is 60.3 Å². The van der Waals surface area contributed by atoms with Crippen LogP contribution in [0, 0.1) is 5.82 Å². The molecule has 0 atom stereocenters. The van der Waals surface area contributed by atoms with Gasteiger partial charge in [0.25, 0.3) is 0 Å². The van der Waals surface area contributed by atoms with Crippen LogP contribution in [0.5, 0.6) is 0 Å². The molecule has 0 fully saturated rings. The Morgan fingerprint density at radius 3 is 2.55 bits per heavy atom. The van der Waals surface area contributed by atoms with E-state index >= 15 is 0 Å². The SMILES string of the molecule is C=CCn1c(SCC(=O)NC(=O)Nc2ccccc2F)nnc1-c1ccccc1. The molecule has 2 aromatic carbocycles. The number of hydrogen-bond acceptors (Lipinski definition) is 5. The molecule has 0 unspecified atom stereocenters. The summed E-state index contributed by atoms with van der Waals surface area (Å²) in [5.74, 6) is -0.534. The third-order valence-electron chi connectivity index (χ3n) is 3.77. The topological polar surface area (TPSA) is 88.9 Å². The molecule has 3 amide bonds. The molecular formula is C20H18FN5O2S. The lowest BCUT2D eigenvalue weighted by molar-refractivity contribution is -0.117. The van der Waals surface area contributed by atoms with Gasteiger partial charge in [0.1, 0.15) is 5.82 Å². The number of nitrogens with zero attached hydrogens (tertiary/aromatic N) is 3. The smallest absolute Gasteiger partial charge is 0.305 e. The van der Waals surface area contributed by atoms with E-state index in [1.165, 1.54) is 18.2 Å². The second-order valence-corrected chi connectivity index (χ2v) is 6.78. The average Bonchev–Trinajstić information content (AvgIpc) is 3.12. The van der Waals surface area contributed by atoms with Crippen LogP contribution < -0.4 is 10.6 Å². The van der Waals surface area contributed by atoms with E-state index < -0.39 is 17.8 Å². The van der Waals surface area contributed by atoms with Crippen molar-refractivity contribution < 1.29 is 14.0 Å². The quantitative estimate of drug-likeness (QED) is 0.457. The minimum absolute atomic E-state index is 0.0105. The molecule has 0 aliphatic carbocycles. The summed E-state index contributed by atoms with van der Waals surface area (Å²) in [5, 5.41) is 13.3. The molecule has 0 radical (unpaired) electrons. The first kappa shape index (κ1) is 20.3. The number of rotatable bonds is 7. The summed E-state index contributed by atoms with van der Waals surface area (Å²) in [6.45, 7) is 4.21. The minimum atomic E-state index is -0.807. The van der Waals surface area contributed by atoms with Crippen molar-refractivity contribution in [3.8, 4) is 11.4 Å². The van der Waals surface area contributed by atoms with E-state index in [1.54, 1.807) is 12.1 Å². The van der Waals surface area contributed by atoms with E-state index in [9.17, 15) is 14.0 Å². The van der Waals surface area contributed by atoms with Gasteiger partial charge in [-0.3, -0.25) is 14.7 Å². The summed E-state index contributed by atoms with van der Waals surface area (Å²) in [6, 6.07) is 14.4.